The van der Waals surface area contributed by atoms with E-state index < -0.39 is 5.97 Å². The largest absolute Gasteiger partial charge is 0.481 e. The molecule has 0 aliphatic heterocycles. The molecule has 1 aromatic carbocycles. The minimum Gasteiger partial charge on any atom is -0.481 e. The van der Waals surface area contributed by atoms with E-state index in [1.807, 2.05) is 0 Å². The van der Waals surface area contributed by atoms with E-state index in [1.165, 1.54) is 0 Å². The molecule has 3 heteroatoms. The summed E-state index contributed by atoms with van der Waals surface area (Å²) in [6.45, 7) is 1.76. The molecule has 0 unspecified atom stereocenters. The Balaban J connectivity index is 3.02. The molecular weight excluding hydrogens is 180 g/mol. The quantitative estimate of drug-likeness (QED) is 0.741. The predicted octanol–water partition coefficient (Wildman–Crippen LogP) is 1.91. The maximum Gasteiger partial charge on any atom is 0.307 e. The van der Waals surface area contributed by atoms with E-state index in [-0.39, 0.29) is 12.2 Å². The molecule has 0 amide bonds. The standard InChI is InChI=1S/C11H12O3/c1-2-10(12)9-6-4-3-5-8(9)7-11(13)14/h3-6H,2,7H2,1H3,(H,13,14). The second kappa shape index (κ2) is 4.56. The smallest absolute Gasteiger partial charge is 0.307 e. The highest BCUT2D eigenvalue weighted by molar-refractivity contribution is 5.98. The van der Waals surface area contributed by atoms with Crippen molar-refractivity contribution in [3.8, 4) is 0 Å². The zero-order chi connectivity index (χ0) is 10.6. The van der Waals surface area contributed by atoms with Gasteiger partial charge in [-0.25, -0.2) is 0 Å². The SMILES string of the molecule is CCC(=O)c1ccccc1CC(=O)O. The van der Waals surface area contributed by atoms with Crippen molar-refractivity contribution in [2.24, 2.45) is 0 Å². The van der Waals surface area contributed by atoms with Crippen LogP contribution in [0.2, 0.25) is 0 Å². The highest BCUT2D eigenvalue weighted by Crippen LogP contribution is 2.11. The first-order valence-corrected chi connectivity index (χ1v) is 4.48. The number of ketones is 1. The Bertz CT molecular complexity index is 355. The zero-order valence-corrected chi connectivity index (χ0v) is 7.99. The minimum atomic E-state index is -0.915. The van der Waals surface area contributed by atoms with Crippen LogP contribution in [0, 0.1) is 0 Å². The van der Waals surface area contributed by atoms with E-state index in [0.29, 0.717) is 17.5 Å². The second-order valence-electron chi connectivity index (χ2n) is 3.00. The number of carbonyl (C=O) groups excluding carboxylic acids is 1. The number of carbonyl (C=O) groups is 2. The number of Topliss-reactive ketones (excluding diaryl/α,β-unsaturated/α-hetero) is 1. The maximum absolute atomic E-state index is 11.4. The van der Waals surface area contributed by atoms with Crippen LogP contribution >= 0.6 is 0 Å². The molecule has 1 aromatic rings. The van der Waals surface area contributed by atoms with Gasteiger partial charge in [0, 0.05) is 12.0 Å². The van der Waals surface area contributed by atoms with Crippen molar-refractivity contribution in [3.63, 3.8) is 0 Å². The van der Waals surface area contributed by atoms with Gasteiger partial charge in [0.2, 0.25) is 0 Å². The topological polar surface area (TPSA) is 54.4 Å². The van der Waals surface area contributed by atoms with Gasteiger partial charge in [-0.1, -0.05) is 31.2 Å². The summed E-state index contributed by atoms with van der Waals surface area (Å²) in [4.78, 5) is 21.9. The summed E-state index contributed by atoms with van der Waals surface area (Å²) in [6, 6.07) is 6.83. The molecule has 0 fully saturated rings. The number of aliphatic carboxylic acids is 1. The Morgan fingerprint density at radius 1 is 1.29 bits per heavy atom. The summed E-state index contributed by atoms with van der Waals surface area (Å²) in [6.07, 6.45) is 0.304. The molecule has 0 saturated carbocycles. The Kier molecular flexibility index (Phi) is 3.40. The van der Waals surface area contributed by atoms with Crippen molar-refractivity contribution in [2.45, 2.75) is 19.8 Å². The fourth-order valence-electron chi connectivity index (χ4n) is 1.30. The first kappa shape index (κ1) is 10.4. The highest BCUT2D eigenvalue weighted by atomic mass is 16.4. The third-order valence-electron chi connectivity index (χ3n) is 1.98. The monoisotopic (exact) mass is 192 g/mol. The summed E-state index contributed by atoms with van der Waals surface area (Å²) < 4.78 is 0. The van der Waals surface area contributed by atoms with E-state index in [0.717, 1.165) is 0 Å². The molecule has 0 radical (unpaired) electrons. The maximum atomic E-state index is 11.4. The van der Waals surface area contributed by atoms with Crippen molar-refractivity contribution in [1.29, 1.82) is 0 Å². The van der Waals surface area contributed by atoms with Gasteiger partial charge in [0.1, 0.15) is 0 Å². The molecule has 3 nitrogen and oxygen atoms in total. The van der Waals surface area contributed by atoms with Crippen LogP contribution in [0.3, 0.4) is 0 Å². The summed E-state index contributed by atoms with van der Waals surface area (Å²) in [5, 5.41) is 8.63. The van der Waals surface area contributed by atoms with Gasteiger partial charge in [0.05, 0.1) is 6.42 Å². The van der Waals surface area contributed by atoms with Crippen LogP contribution in [0.1, 0.15) is 29.3 Å². The average molecular weight is 192 g/mol. The van der Waals surface area contributed by atoms with E-state index in [9.17, 15) is 9.59 Å². The molecule has 14 heavy (non-hydrogen) atoms. The molecule has 0 aliphatic carbocycles. The first-order valence-electron chi connectivity index (χ1n) is 4.48. The van der Waals surface area contributed by atoms with Gasteiger partial charge in [0.15, 0.2) is 5.78 Å². The molecule has 0 aromatic heterocycles. The zero-order valence-electron chi connectivity index (χ0n) is 7.99. The molecule has 1 N–H and O–H groups in total. The summed E-state index contributed by atoms with van der Waals surface area (Å²) in [5.41, 5.74) is 1.12. The third-order valence-corrected chi connectivity index (χ3v) is 1.98. The molecule has 0 aliphatic rings. The molecule has 0 heterocycles. The lowest BCUT2D eigenvalue weighted by Gasteiger charge is -2.04. The molecule has 74 valence electrons. The third kappa shape index (κ3) is 2.42. The number of carboxylic acids is 1. The molecule has 0 saturated heterocycles. The van der Waals surface area contributed by atoms with E-state index >= 15 is 0 Å². The van der Waals surface area contributed by atoms with Gasteiger partial charge in [-0.05, 0) is 5.56 Å². The van der Waals surface area contributed by atoms with Crippen LogP contribution in [0.25, 0.3) is 0 Å². The Morgan fingerprint density at radius 3 is 2.50 bits per heavy atom. The van der Waals surface area contributed by atoms with Crippen molar-refractivity contribution < 1.29 is 14.7 Å². The first-order chi connectivity index (χ1) is 6.65. The Hall–Kier alpha value is -1.64. The molecular formula is C11H12O3. The lowest BCUT2D eigenvalue weighted by Crippen LogP contribution is -2.07. The van der Waals surface area contributed by atoms with E-state index in [2.05, 4.69) is 0 Å². The highest BCUT2D eigenvalue weighted by Gasteiger charge is 2.10. The number of hydrogen-bond acceptors (Lipinski definition) is 2. The van der Waals surface area contributed by atoms with Crippen LogP contribution in [0.4, 0.5) is 0 Å². The number of hydrogen-bond donors (Lipinski definition) is 1. The van der Waals surface area contributed by atoms with Crippen LogP contribution in [-0.2, 0) is 11.2 Å². The lowest BCUT2D eigenvalue weighted by molar-refractivity contribution is -0.136. The van der Waals surface area contributed by atoms with Crippen molar-refractivity contribution in [2.75, 3.05) is 0 Å². The number of carboxylic acid groups (broad SMARTS) is 1. The predicted molar refractivity (Wildman–Crippen MR) is 52.4 cm³/mol. The molecule has 0 spiro atoms. The van der Waals surface area contributed by atoms with Crippen LogP contribution in [0.5, 0.6) is 0 Å². The van der Waals surface area contributed by atoms with Gasteiger partial charge in [-0.15, -0.1) is 0 Å². The van der Waals surface area contributed by atoms with Crippen molar-refractivity contribution >= 4 is 11.8 Å². The average Bonchev–Trinajstić information content (AvgIpc) is 2.16. The van der Waals surface area contributed by atoms with Gasteiger partial charge >= 0.3 is 5.97 Å². The van der Waals surface area contributed by atoms with Crippen LogP contribution < -0.4 is 0 Å². The fraction of sp³-hybridized carbons (Fsp3) is 0.273. The normalized spacial score (nSPS) is 9.79. The minimum absolute atomic E-state index is 0.0122. The number of benzene rings is 1. The van der Waals surface area contributed by atoms with Gasteiger partial charge in [0.25, 0.3) is 0 Å². The Morgan fingerprint density at radius 2 is 1.93 bits per heavy atom. The summed E-state index contributed by atoms with van der Waals surface area (Å²) in [5.74, 6) is -0.928. The Labute approximate surface area is 82.4 Å². The summed E-state index contributed by atoms with van der Waals surface area (Å²) in [7, 11) is 0. The van der Waals surface area contributed by atoms with E-state index in [1.54, 1.807) is 31.2 Å². The van der Waals surface area contributed by atoms with Crippen molar-refractivity contribution in [3.05, 3.63) is 35.4 Å². The number of rotatable bonds is 4. The molecule has 1 rings (SSSR count). The lowest BCUT2D eigenvalue weighted by atomic mass is 10.00. The molecule has 0 atom stereocenters. The van der Waals surface area contributed by atoms with Gasteiger partial charge < -0.3 is 5.11 Å². The fourth-order valence-corrected chi connectivity index (χ4v) is 1.30. The second-order valence-corrected chi connectivity index (χ2v) is 3.00. The van der Waals surface area contributed by atoms with Crippen LogP contribution in [0.15, 0.2) is 24.3 Å². The molecule has 0 bridgehead atoms. The summed E-state index contributed by atoms with van der Waals surface area (Å²) >= 11 is 0. The van der Waals surface area contributed by atoms with Crippen LogP contribution in [-0.4, -0.2) is 16.9 Å². The van der Waals surface area contributed by atoms with Gasteiger partial charge in [-0.3, -0.25) is 9.59 Å². The van der Waals surface area contributed by atoms with E-state index in [4.69, 9.17) is 5.11 Å². The van der Waals surface area contributed by atoms with Crippen molar-refractivity contribution in [1.82, 2.24) is 0 Å². The van der Waals surface area contributed by atoms with Gasteiger partial charge in [-0.2, -0.15) is 0 Å².